The summed E-state index contributed by atoms with van der Waals surface area (Å²) in [5, 5.41) is 2.92. The number of hydrogen-bond acceptors (Lipinski definition) is 7. The zero-order valence-electron chi connectivity index (χ0n) is 18.7. The number of carbonyl (C=O) groups excluding carboxylic acids is 1. The molecular formula is C23H28N2O7S. The van der Waals surface area contributed by atoms with Gasteiger partial charge in [-0.1, -0.05) is 12.1 Å². The lowest BCUT2D eigenvalue weighted by molar-refractivity contribution is -0.126. The Hall–Kier alpha value is -2.98. The van der Waals surface area contributed by atoms with Gasteiger partial charge in [0, 0.05) is 25.1 Å². The quantitative estimate of drug-likeness (QED) is 0.652. The van der Waals surface area contributed by atoms with Gasteiger partial charge in [-0.2, -0.15) is 4.31 Å². The third kappa shape index (κ3) is 5.01. The number of hydrogen-bond donors (Lipinski definition) is 1. The standard InChI is InChI=1S/C23H28N2O7S/c1-29-19-8-7-18(13-22(19)30-2)33(27,28)25-11-9-16(10-12-25)23(26)24-14-17-15-31-20-5-3-4-6-21(20)32-17/h3-8,13,16-17H,9-12,14-15H2,1-2H3,(H,24,26)/t17-/m0/s1. The number of amides is 1. The highest BCUT2D eigenvalue weighted by Crippen LogP contribution is 2.32. The van der Waals surface area contributed by atoms with E-state index in [-0.39, 0.29) is 35.9 Å². The van der Waals surface area contributed by atoms with E-state index in [1.807, 2.05) is 24.3 Å². The van der Waals surface area contributed by atoms with Crippen molar-refractivity contribution in [2.24, 2.45) is 5.92 Å². The molecule has 0 saturated carbocycles. The molecule has 0 radical (unpaired) electrons. The van der Waals surface area contributed by atoms with Crippen molar-refractivity contribution in [3.8, 4) is 23.0 Å². The van der Waals surface area contributed by atoms with Crippen LogP contribution in [0.5, 0.6) is 23.0 Å². The lowest BCUT2D eigenvalue weighted by atomic mass is 9.97. The minimum atomic E-state index is -3.70. The molecule has 178 valence electrons. The summed E-state index contributed by atoms with van der Waals surface area (Å²) in [6, 6.07) is 11.9. The van der Waals surface area contributed by atoms with Crippen molar-refractivity contribution in [1.82, 2.24) is 9.62 Å². The second-order valence-corrected chi connectivity index (χ2v) is 9.88. The van der Waals surface area contributed by atoms with E-state index in [4.69, 9.17) is 18.9 Å². The number of nitrogens with zero attached hydrogens (tertiary/aromatic N) is 1. The first-order valence-electron chi connectivity index (χ1n) is 10.8. The van der Waals surface area contributed by atoms with Crippen LogP contribution in [0.2, 0.25) is 0 Å². The number of carbonyl (C=O) groups is 1. The summed E-state index contributed by atoms with van der Waals surface area (Å²) >= 11 is 0. The van der Waals surface area contributed by atoms with E-state index in [2.05, 4.69) is 5.32 Å². The molecule has 2 aromatic carbocycles. The molecule has 1 fully saturated rings. The van der Waals surface area contributed by atoms with Crippen LogP contribution in [0, 0.1) is 5.92 Å². The molecule has 1 atom stereocenters. The molecule has 10 heteroatoms. The normalized spacial score (nSPS) is 19.0. The summed E-state index contributed by atoms with van der Waals surface area (Å²) < 4.78 is 49.5. The SMILES string of the molecule is COc1ccc(S(=O)(=O)N2CCC(C(=O)NC[C@H]3COc4ccccc4O3)CC2)cc1OC. The molecule has 0 spiro atoms. The highest BCUT2D eigenvalue weighted by Gasteiger charge is 2.33. The summed E-state index contributed by atoms with van der Waals surface area (Å²) in [6.07, 6.45) is 0.626. The zero-order valence-corrected chi connectivity index (χ0v) is 19.5. The fourth-order valence-corrected chi connectivity index (χ4v) is 5.49. The van der Waals surface area contributed by atoms with Crippen LogP contribution < -0.4 is 24.3 Å². The van der Waals surface area contributed by atoms with Gasteiger partial charge in [0.25, 0.3) is 0 Å². The monoisotopic (exact) mass is 476 g/mol. The maximum absolute atomic E-state index is 13.1. The molecule has 9 nitrogen and oxygen atoms in total. The van der Waals surface area contributed by atoms with Crippen molar-refractivity contribution in [3.05, 3.63) is 42.5 Å². The maximum atomic E-state index is 13.1. The van der Waals surface area contributed by atoms with Crippen molar-refractivity contribution in [2.75, 3.05) is 40.5 Å². The van der Waals surface area contributed by atoms with Crippen molar-refractivity contribution >= 4 is 15.9 Å². The second-order valence-electron chi connectivity index (χ2n) is 7.94. The van der Waals surface area contributed by atoms with E-state index in [1.54, 1.807) is 6.07 Å². The van der Waals surface area contributed by atoms with Crippen LogP contribution in [0.1, 0.15) is 12.8 Å². The van der Waals surface area contributed by atoms with E-state index in [0.717, 1.165) is 0 Å². The van der Waals surface area contributed by atoms with Gasteiger partial charge < -0.3 is 24.3 Å². The van der Waals surface area contributed by atoms with E-state index in [0.29, 0.717) is 49.0 Å². The Bertz CT molecular complexity index is 1100. The molecule has 1 saturated heterocycles. The molecule has 0 bridgehead atoms. The highest BCUT2D eigenvalue weighted by atomic mass is 32.2. The molecule has 2 aliphatic heterocycles. The van der Waals surface area contributed by atoms with E-state index < -0.39 is 10.0 Å². The van der Waals surface area contributed by atoms with Gasteiger partial charge in [-0.25, -0.2) is 8.42 Å². The van der Waals surface area contributed by atoms with Gasteiger partial charge in [0.05, 0.1) is 25.7 Å². The first-order chi connectivity index (χ1) is 15.9. The molecule has 2 aliphatic rings. The smallest absolute Gasteiger partial charge is 0.243 e. The van der Waals surface area contributed by atoms with Crippen molar-refractivity contribution < 1.29 is 32.2 Å². The Balaban J connectivity index is 1.30. The Morgan fingerprint density at radius 3 is 2.45 bits per heavy atom. The Morgan fingerprint density at radius 1 is 1.06 bits per heavy atom. The van der Waals surface area contributed by atoms with Crippen LogP contribution in [-0.2, 0) is 14.8 Å². The fraction of sp³-hybridized carbons (Fsp3) is 0.435. The average Bonchev–Trinajstić information content (AvgIpc) is 2.86. The first kappa shape index (κ1) is 23.2. The lowest BCUT2D eigenvalue weighted by Crippen LogP contribution is -2.46. The average molecular weight is 477 g/mol. The van der Waals surface area contributed by atoms with Crippen LogP contribution in [0.4, 0.5) is 0 Å². The van der Waals surface area contributed by atoms with Gasteiger partial charge in [-0.15, -0.1) is 0 Å². The van der Waals surface area contributed by atoms with Crippen molar-refractivity contribution in [3.63, 3.8) is 0 Å². The Labute approximate surface area is 193 Å². The number of rotatable bonds is 7. The van der Waals surface area contributed by atoms with E-state index in [9.17, 15) is 13.2 Å². The number of piperidine rings is 1. The van der Waals surface area contributed by atoms with Crippen LogP contribution in [0.3, 0.4) is 0 Å². The Kier molecular flexibility index (Phi) is 6.94. The van der Waals surface area contributed by atoms with E-state index in [1.165, 1.54) is 30.7 Å². The zero-order chi connectivity index (χ0) is 23.4. The van der Waals surface area contributed by atoms with Crippen LogP contribution in [0.25, 0.3) is 0 Å². The molecule has 2 heterocycles. The molecule has 4 rings (SSSR count). The van der Waals surface area contributed by atoms with Gasteiger partial charge >= 0.3 is 0 Å². The minimum Gasteiger partial charge on any atom is -0.493 e. The number of nitrogens with one attached hydrogen (secondary N) is 1. The predicted molar refractivity (Wildman–Crippen MR) is 120 cm³/mol. The molecule has 1 amide bonds. The lowest BCUT2D eigenvalue weighted by Gasteiger charge is -2.31. The van der Waals surface area contributed by atoms with Crippen molar-refractivity contribution in [1.29, 1.82) is 0 Å². The topological polar surface area (TPSA) is 103 Å². The van der Waals surface area contributed by atoms with Crippen LogP contribution in [-0.4, -0.2) is 65.2 Å². The third-order valence-corrected chi connectivity index (χ3v) is 7.78. The number of sulfonamides is 1. The molecule has 33 heavy (non-hydrogen) atoms. The summed E-state index contributed by atoms with van der Waals surface area (Å²) in [6.45, 7) is 1.23. The van der Waals surface area contributed by atoms with Crippen LogP contribution in [0.15, 0.2) is 47.4 Å². The first-order valence-corrected chi connectivity index (χ1v) is 12.2. The predicted octanol–water partition coefficient (Wildman–Crippen LogP) is 2.06. The number of benzene rings is 2. The number of ether oxygens (including phenoxy) is 4. The van der Waals surface area contributed by atoms with Gasteiger partial charge in [0.2, 0.25) is 15.9 Å². The summed E-state index contributed by atoms with van der Waals surface area (Å²) in [7, 11) is -0.743. The highest BCUT2D eigenvalue weighted by molar-refractivity contribution is 7.89. The molecule has 0 unspecified atom stereocenters. The largest absolute Gasteiger partial charge is 0.493 e. The number of methoxy groups -OCH3 is 2. The second kappa shape index (κ2) is 9.88. The number of fused-ring (bicyclic) bond motifs is 1. The maximum Gasteiger partial charge on any atom is 0.243 e. The molecule has 0 aliphatic carbocycles. The fourth-order valence-electron chi connectivity index (χ4n) is 4.01. The van der Waals surface area contributed by atoms with Gasteiger partial charge in [-0.3, -0.25) is 4.79 Å². The molecule has 0 aromatic heterocycles. The van der Waals surface area contributed by atoms with Gasteiger partial charge in [0.1, 0.15) is 12.7 Å². The van der Waals surface area contributed by atoms with Gasteiger partial charge in [-0.05, 0) is 37.1 Å². The molecule has 1 N–H and O–H groups in total. The third-order valence-electron chi connectivity index (χ3n) is 5.89. The van der Waals surface area contributed by atoms with Crippen LogP contribution >= 0.6 is 0 Å². The summed E-state index contributed by atoms with van der Waals surface area (Å²) in [5.74, 6) is 1.83. The van der Waals surface area contributed by atoms with Gasteiger partial charge in [0.15, 0.2) is 23.0 Å². The Morgan fingerprint density at radius 2 is 1.76 bits per heavy atom. The summed E-state index contributed by atoms with van der Waals surface area (Å²) in [4.78, 5) is 12.8. The van der Waals surface area contributed by atoms with Crippen molar-refractivity contribution in [2.45, 2.75) is 23.8 Å². The molecular weight excluding hydrogens is 448 g/mol. The minimum absolute atomic E-state index is 0.0966. The molecule has 2 aromatic rings. The number of para-hydroxylation sites is 2. The van der Waals surface area contributed by atoms with E-state index >= 15 is 0 Å². The summed E-state index contributed by atoms with van der Waals surface area (Å²) in [5.41, 5.74) is 0.